The van der Waals surface area contributed by atoms with Crippen LogP contribution in [0.1, 0.15) is 40.5 Å². The van der Waals surface area contributed by atoms with Gasteiger partial charge in [-0.15, -0.1) is 0 Å². The molecule has 1 unspecified atom stereocenters. The lowest BCUT2D eigenvalue weighted by Crippen LogP contribution is -2.40. The van der Waals surface area contributed by atoms with Crippen LogP contribution in [-0.4, -0.2) is 29.2 Å². The molecule has 1 rings (SSSR count). The van der Waals surface area contributed by atoms with Gasteiger partial charge in [0.25, 0.3) is 0 Å². The number of nitrogens with zero attached hydrogens (tertiary/aromatic N) is 1. The smallest absolute Gasteiger partial charge is 0.224 e. The van der Waals surface area contributed by atoms with Crippen LogP contribution < -0.4 is 0 Å². The number of ether oxygens (including phenoxy) is 1. The first-order valence-corrected chi connectivity index (χ1v) is 4.87. The van der Waals surface area contributed by atoms with Gasteiger partial charge in [0.15, 0.2) is 0 Å². The maximum absolute atomic E-state index is 11.3. The second-order valence-electron chi connectivity index (χ2n) is 4.52. The number of carbonyl (C=O) groups is 1. The lowest BCUT2D eigenvalue weighted by atomic mass is 10.2. The van der Waals surface area contributed by atoms with Gasteiger partial charge < -0.3 is 9.64 Å². The van der Waals surface area contributed by atoms with Crippen molar-refractivity contribution in [3.05, 3.63) is 0 Å². The molecule has 3 heteroatoms. The van der Waals surface area contributed by atoms with E-state index in [0.29, 0.717) is 6.42 Å². The predicted molar refractivity (Wildman–Crippen MR) is 51.2 cm³/mol. The van der Waals surface area contributed by atoms with Crippen molar-refractivity contribution >= 4 is 5.91 Å². The lowest BCUT2D eigenvalue weighted by Gasteiger charge is -2.31. The van der Waals surface area contributed by atoms with Gasteiger partial charge in [0, 0.05) is 13.0 Å². The predicted octanol–water partition coefficient (Wildman–Crippen LogP) is 1.77. The molecule has 76 valence electrons. The quantitative estimate of drug-likeness (QED) is 0.656. The normalized spacial score (nSPS) is 20.9. The van der Waals surface area contributed by atoms with Crippen LogP contribution in [0, 0.1) is 0 Å². The highest BCUT2D eigenvalue weighted by atomic mass is 16.5. The Morgan fingerprint density at radius 3 is 2.46 bits per heavy atom. The third-order valence-corrected chi connectivity index (χ3v) is 2.07. The van der Waals surface area contributed by atoms with Crippen LogP contribution in [0.3, 0.4) is 0 Å². The van der Waals surface area contributed by atoms with Crippen molar-refractivity contribution in [1.82, 2.24) is 4.90 Å². The van der Waals surface area contributed by atoms with E-state index in [9.17, 15) is 4.79 Å². The van der Waals surface area contributed by atoms with Crippen LogP contribution in [0.2, 0.25) is 0 Å². The number of likely N-dealkylation sites (tertiary alicyclic amines) is 1. The highest BCUT2D eigenvalue weighted by Gasteiger charge is 2.28. The van der Waals surface area contributed by atoms with E-state index in [-0.39, 0.29) is 17.7 Å². The SMILES string of the molecule is CC(OC(C)(C)C)N1CCCC1=O. The van der Waals surface area contributed by atoms with E-state index in [1.54, 1.807) is 0 Å². The van der Waals surface area contributed by atoms with Crippen molar-refractivity contribution in [2.45, 2.75) is 52.4 Å². The molecule has 0 aromatic heterocycles. The highest BCUT2D eigenvalue weighted by Crippen LogP contribution is 2.18. The molecule has 0 aliphatic carbocycles. The molecule has 1 fully saturated rings. The summed E-state index contributed by atoms with van der Waals surface area (Å²) >= 11 is 0. The minimum atomic E-state index is -0.178. The number of hydrogen-bond acceptors (Lipinski definition) is 2. The van der Waals surface area contributed by atoms with Gasteiger partial charge >= 0.3 is 0 Å². The minimum Gasteiger partial charge on any atom is -0.353 e. The molecule has 13 heavy (non-hydrogen) atoms. The van der Waals surface area contributed by atoms with Gasteiger partial charge in [-0.25, -0.2) is 0 Å². The number of hydrogen-bond donors (Lipinski definition) is 0. The van der Waals surface area contributed by atoms with Gasteiger partial charge in [-0.3, -0.25) is 4.79 Å². The molecule has 0 N–H and O–H groups in total. The minimum absolute atomic E-state index is 0.0880. The zero-order valence-corrected chi connectivity index (χ0v) is 8.96. The van der Waals surface area contributed by atoms with E-state index in [1.165, 1.54) is 0 Å². The van der Waals surface area contributed by atoms with Gasteiger partial charge in [-0.05, 0) is 34.1 Å². The Kier molecular flexibility index (Phi) is 2.96. The average molecular weight is 185 g/mol. The monoisotopic (exact) mass is 185 g/mol. The fourth-order valence-electron chi connectivity index (χ4n) is 1.63. The zero-order chi connectivity index (χ0) is 10.1. The van der Waals surface area contributed by atoms with Crippen molar-refractivity contribution < 1.29 is 9.53 Å². The van der Waals surface area contributed by atoms with Gasteiger partial charge in [-0.2, -0.15) is 0 Å². The first-order chi connectivity index (χ1) is 5.90. The number of amides is 1. The molecule has 0 bridgehead atoms. The molecule has 1 aliphatic rings. The maximum Gasteiger partial charge on any atom is 0.224 e. The molecule has 0 aromatic carbocycles. The molecule has 1 atom stereocenters. The summed E-state index contributed by atoms with van der Waals surface area (Å²) in [5.74, 6) is 0.219. The second kappa shape index (κ2) is 3.66. The summed E-state index contributed by atoms with van der Waals surface area (Å²) in [4.78, 5) is 13.2. The Balaban J connectivity index is 2.47. The van der Waals surface area contributed by atoms with Gasteiger partial charge in [0.2, 0.25) is 5.91 Å². The summed E-state index contributed by atoms with van der Waals surface area (Å²) in [6, 6.07) is 0. The first kappa shape index (κ1) is 10.5. The Morgan fingerprint density at radius 1 is 1.46 bits per heavy atom. The molecule has 1 aliphatic heterocycles. The van der Waals surface area contributed by atoms with Crippen LogP contribution in [0.15, 0.2) is 0 Å². The average Bonchev–Trinajstić information content (AvgIpc) is 2.30. The van der Waals surface area contributed by atoms with Crippen LogP contribution in [-0.2, 0) is 9.53 Å². The van der Waals surface area contributed by atoms with E-state index in [4.69, 9.17) is 4.74 Å². The van der Waals surface area contributed by atoms with E-state index in [2.05, 4.69) is 0 Å². The third kappa shape index (κ3) is 2.99. The zero-order valence-electron chi connectivity index (χ0n) is 8.96. The molecule has 0 spiro atoms. The van der Waals surface area contributed by atoms with Crippen LogP contribution >= 0.6 is 0 Å². The topological polar surface area (TPSA) is 29.5 Å². The summed E-state index contributed by atoms with van der Waals surface area (Å²) in [6.07, 6.45) is 1.56. The van der Waals surface area contributed by atoms with Crippen molar-refractivity contribution in [3.63, 3.8) is 0 Å². The molecule has 1 saturated heterocycles. The van der Waals surface area contributed by atoms with E-state index in [0.717, 1.165) is 13.0 Å². The highest BCUT2D eigenvalue weighted by molar-refractivity contribution is 5.78. The van der Waals surface area contributed by atoms with E-state index >= 15 is 0 Å². The van der Waals surface area contributed by atoms with Crippen LogP contribution in [0.5, 0.6) is 0 Å². The lowest BCUT2D eigenvalue weighted by molar-refractivity contribution is -0.152. The Hall–Kier alpha value is -0.570. The molecule has 0 radical (unpaired) electrons. The van der Waals surface area contributed by atoms with E-state index in [1.807, 2.05) is 32.6 Å². The first-order valence-electron chi connectivity index (χ1n) is 4.87. The summed E-state index contributed by atoms with van der Waals surface area (Å²) in [7, 11) is 0. The summed E-state index contributed by atoms with van der Waals surface area (Å²) in [5.41, 5.74) is -0.178. The fraction of sp³-hybridized carbons (Fsp3) is 0.900. The van der Waals surface area contributed by atoms with Gasteiger partial charge in [0.1, 0.15) is 6.23 Å². The molecule has 1 amide bonds. The Bertz CT molecular complexity index is 196. The fourth-order valence-corrected chi connectivity index (χ4v) is 1.63. The Labute approximate surface area is 80.1 Å². The molecular weight excluding hydrogens is 166 g/mol. The summed E-state index contributed by atoms with van der Waals surface area (Å²) in [5, 5.41) is 0. The van der Waals surface area contributed by atoms with Crippen molar-refractivity contribution in [2.24, 2.45) is 0 Å². The molecular formula is C10H19NO2. The van der Waals surface area contributed by atoms with Crippen LogP contribution in [0.4, 0.5) is 0 Å². The molecule has 1 heterocycles. The largest absolute Gasteiger partial charge is 0.353 e. The second-order valence-corrected chi connectivity index (χ2v) is 4.52. The molecule has 3 nitrogen and oxygen atoms in total. The van der Waals surface area contributed by atoms with Crippen molar-refractivity contribution in [1.29, 1.82) is 0 Å². The number of carbonyl (C=O) groups excluding carboxylic acids is 1. The standard InChI is InChI=1S/C10H19NO2/c1-8(13-10(2,3)4)11-7-5-6-9(11)12/h8H,5-7H2,1-4H3. The number of rotatable bonds is 2. The van der Waals surface area contributed by atoms with Crippen molar-refractivity contribution in [3.8, 4) is 0 Å². The summed E-state index contributed by atoms with van der Waals surface area (Å²) in [6.45, 7) is 8.79. The van der Waals surface area contributed by atoms with Gasteiger partial charge in [0.05, 0.1) is 5.60 Å². The molecule has 0 saturated carbocycles. The third-order valence-electron chi connectivity index (χ3n) is 2.07. The summed E-state index contributed by atoms with van der Waals surface area (Å²) < 4.78 is 5.70. The molecule has 0 aromatic rings. The van der Waals surface area contributed by atoms with E-state index < -0.39 is 0 Å². The van der Waals surface area contributed by atoms with Crippen LogP contribution in [0.25, 0.3) is 0 Å². The Morgan fingerprint density at radius 2 is 2.08 bits per heavy atom. The maximum atomic E-state index is 11.3. The van der Waals surface area contributed by atoms with Gasteiger partial charge in [-0.1, -0.05) is 0 Å². The van der Waals surface area contributed by atoms with Crippen molar-refractivity contribution in [2.75, 3.05) is 6.54 Å².